The highest BCUT2D eigenvalue weighted by Gasteiger charge is 2.36. The molecule has 1 heterocycles. The number of halogens is 4. The Morgan fingerprint density at radius 2 is 1.79 bits per heavy atom. The maximum absolute atomic E-state index is 14.1. The molecule has 0 aliphatic carbocycles. The summed E-state index contributed by atoms with van der Waals surface area (Å²) in [6, 6.07) is 15.6. The molecule has 2 amide bonds. The standard InChI is InChI=1S/C24H15BrClF2NO3S/c25-16-8-9-21(32-13-14-4-1-2-6-19(14)27)15(10-16)11-22-23(30)29(24(31)33-22)12-17-18(26)5-3-7-20(17)28/h1-11H,12-13H2/b22-11-. The molecular formula is C24H15BrClF2NO3S. The van der Waals surface area contributed by atoms with E-state index in [2.05, 4.69) is 15.9 Å². The highest BCUT2D eigenvalue weighted by Crippen LogP contribution is 2.36. The van der Waals surface area contributed by atoms with Crippen molar-refractivity contribution < 1.29 is 23.1 Å². The monoisotopic (exact) mass is 549 g/mol. The van der Waals surface area contributed by atoms with E-state index >= 15 is 0 Å². The Labute approximate surface area is 206 Å². The van der Waals surface area contributed by atoms with Gasteiger partial charge in [-0.05, 0) is 54.2 Å². The van der Waals surface area contributed by atoms with Gasteiger partial charge in [-0.25, -0.2) is 8.78 Å². The average molecular weight is 551 g/mol. The van der Waals surface area contributed by atoms with Crippen molar-refractivity contribution in [1.82, 2.24) is 4.90 Å². The highest BCUT2D eigenvalue weighted by atomic mass is 79.9. The Bertz CT molecular complexity index is 1260. The Hall–Kier alpha value is -2.68. The minimum absolute atomic E-state index is 0.0115. The topological polar surface area (TPSA) is 46.6 Å². The molecule has 0 N–H and O–H groups in total. The van der Waals surface area contributed by atoms with Gasteiger partial charge < -0.3 is 4.74 Å². The number of carbonyl (C=O) groups excluding carboxylic acids is 2. The van der Waals surface area contributed by atoms with E-state index in [1.807, 2.05) is 0 Å². The molecule has 168 valence electrons. The number of rotatable bonds is 6. The first kappa shape index (κ1) is 23.5. The Morgan fingerprint density at radius 3 is 2.55 bits per heavy atom. The van der Waals surface area contributed by atoms with Gasteiger partial charge in [-0.1, -0.05) is 51.8 Å². The molecule has 0 atom stereocenters. The largest absolute Gasteiger partial charge is 0.488 e. The van der Waals surface area contributed by atoms with Crippen LogP contribution < -0.4 is 4.74 Å². The van der Waals surface area contributed by atoms with Crippen LogP contribution in [0.15, 0.2) is 70.0 Å². The van der Waals surface area contributed by atoms with Crippen molar-refractivity contribution in [3.63, 3.8) is 0 Å². The molecule has 0 radical (unpaired) electrons. The predicted molar refractivity (Wildman–Crippen MR) is 128 cm³/mol. The second kappa shape index (κ2) is 10.1. The van der Waals surface area contributed by atoms with Crippen molar-refractivity contribution >= 4 is 56.5 Å². The third kappa shape index (κ3) is 5.29. The first-order valence-electron chi connectivity index (χ1n) is 9.67. The number of benzene rings is 3. The van der Waals surface area contributed by atoms with Crippen molar-refractivity contribution in [2.45, 2.75) is 13.2 Å². The molecule has 33 heavy (non-hydrogen) atoms. The van der Waals surface area contributed by atoms with Crippen LogP contribution in [0, 0.1) is 11.6 Å². The van der Waals surface area contributed by atoms with Crippen LogP contribution in [0.1, 0.15) is 16.7 Å². The SMILES string of the molecule is O=C1S/C(=C\c2cc(Br)ccc2OCc2ccccc2F)C(=O)N1Cc1c(F)cccc1Cl. The summed E-state index contributed by atoms with van der Waals surface area (Å²) in [6.07, 6.45) is 1.52. The Morgan fingerprint density at radius 1 is 1.03 bits per heavy atom. The second-order valence-electron chi connectivity index (χ2n) is 7.03. The normalized spacial score (nSPS) is 14.9. The summed E-state index contributed by atoms with van der Waals surface area (Å²) in [4.78, 5) is 26.5. The van der Waals surface area contributed by atoms with Gasteiger partial charge in [-0.2, -0.15) is 0 Å². The Kier molecular flexibility index (Phi) is 7.17. The molecule has 3 aromatic carbocycles. The summed E-state index contributed by atoms with van der Waals surface area (Å²) >= 11 is 10.2. The van der Waals surface area contributed by atoms with Crippen LogP contribution in [0.5, 0.6) is 5.75 Å². The molecule has 4 nitrogen and oxygen atoms in total. The summed E-state index contributed by atoms with van der Waals surface area (Å²) in [6.45, 7) is -0.287. The van der Waals surface area contributed by atoms with Gasteiger partial charge in [0, 0.05) is 26.2 Å². The molecule has 9 heteroatoms. The van der Waals surface area contributed by atoms with Gasteiger partial charge >= 0.3 is 0 Å². The molecule has 0 unspecified atom stereocenters. The minimum Gasteiger partial charge on any atom is -0.488 e. The van der Waals surface area contributed by atoms with Crippen LogP contribution in [0.2, 0.25) is 5.02 Å². The van der Waals surface area contributed by atoms with Crippen LogP contribution in [-0.2, 0) is 17.9 Å². The number of hydrogen-bond donors (Lipinski definition) is 0. The molecule has 1 saturated heterocycles. The lowest BCUT2D eigenvalue weighted by Gasteiger charge is -2.14. The van der Waals surface area contributed by atoms with Crippen molar-refractivity contribution in [3.8, 4) is 5.75 Å². The molecule has 0 bridgehead atoms. The molecule has 0 spiro atoms. The maximum Gasteiger partial charge on any atom is 0.293 e. The van der Waals surface area contributed by atoms with Gasteiger partial charge in [-0.15, -0.1) is 0 Å². The summed E-state index contributed by atoms with van der Waals surface area (Å²) < 4.78 is 34.6. The van der Waals surface area contributed by atoms with E-state index < -0.39 is 17.0 Å². The van der Waals surface area contributed by atoms with Gasteiger partial charge in [0.25, 0.3) is 11.1 Å². The summed E-state index contributed by atoms with van der Waals surface area (Å²) in [5.74, 6) is -1.14. The molecule has 4 rings (SSSR count). The summed E-state index contributed by atoms with van der Waals surface area (Å²) in [5.41, 5.74) is 0.975. The van der Waals surface area contributed by atoms with Crippen LogP contribution >= 0.6 is 39.3 Å². The van der Waals surface area contributed by atoms with Gasteiger partial charge in [-0.3, -0.25) is 14.5 Å². The molecule has 3 aromatic rings. The number of thioether (sulfide) groups is 1. The number of carbonyl (C=O) groups is 2. The molecule has 0 aromatic heterocycles. The number of ether oxygens (including phenoxy) is 1. The zero-order valence-corrected chi connectivity index (χ0v) is 20.0. The van der Waals surface area contributed by atoms with E-state index in [-0.39, 0.29) is 34.5 Å². The first-order valence-corrected chi connectivity index (χ1v) is 11.7. The minimum atomic E-state index is -0.596. The van der Waals surface area contributed by atoms with Crippen LogP contribution in [-0.4, -0.2) is 16.0 Å². The quantitative estimate of drug-likeness (QED) is 0.305. The second-order valence-corrected chi connectivity index (χ2v) is 9.35. The number of amides is 2. The van der Waals surface area contributed by atoms with Crippen LogP contribution in [0.3, 0.4) is 0 Å². The molecule has 1 aliphatic heterocycles. The predicted octanol–water partition coefficient (Wildman–Crippen LogP) is 7.20. The zero-order chi connectivity index (χ0) is 23.5. The van der Waals surface area contributed by atoms with Crippen molar-refractivity contribution in [3.05, 3.63) is 103 Å². The van der Waals surface area contributed by atoms with Gasteiger partial charge in [0.2, 0.25) is 0 Å². The van der Waals surface area contributed by atoms with Gasteiger partial charge in [0.15, 0.2) is 0 Å². The maximum atomic E-state index is 14.1. The summed E-state index contributed by atoms with van der Waals surface area (Å²) in [5, 5.41) is -0.400. The van der Waals surface area contributed by atoms with E-state index in [1.54, 1.807) is 36.4 Å². The zero-order valence-electron chi connectivity index (χ0n) is 16.9. The third-order valence-corrected chi connectivity index (χ3v) is 6.61. The third-order valence-electron chi connectivity index (χ3n) is 4.85. The number of imide groups is 1. The smallest absolute Gasteiger partial charge is 0.293 e. The van der Waals surface area contributed by atoms with E-state index in [1.165, 1.54) is 30.3 Å². The number of nitrogens with zero attached hydrogens (tertiary/aromatic N) is 1. The van der Waals surface area contributed by atoms with Crippen molar-refractivity contribution in [2.75, 3.05) is 0 Å². The lowest BCUT2D eigenvalue weighted by molar-refractivity contribution is -0.123. The summed E-state index contributed by atoms with van der Waals surface area (Å²) in [7, 11) is 0. The van der Waals surface area contributed by atoms with E-state index in [0.717, 1.165) is 21.1 Å². The van der Waals surface area contributed by atoms with Gasteiger partial charge in [0.05, 0.1) is 11.4 Å². The fourth-order valence-corrected chi connectivity index (χ4v) is 4.58. The average Bonchev–Trinajstić information content (AvgIpc) is 3.04. The fourth-order valence-electron chi connectivity index (χ4n) is 3.15. The number of hydrogen-bond acceptors (Lipinski definition) is 4. The van der Waals surface area contributed by atoms with Crippen LogP contribution in [0.25, 0.3) is 6.08 Å². The lowest BCUT2D eigenvalue weighted by atomic mass is 10.1. The molecule has 1 aliphatic rings. The molecule has 0 saturated carbocycles. The van der Waals surface area contributed by atoms with E-state index in [4.69, 9.17) is 16.3 Å². The highest BCUT2D eigenvalue weighted by molar-refractivity contribution is 9.10. The van der Waals surface area contributed by atoms with Crippen LogP contribution in [0.4, 0.5) is 13.6 Å². The molecule has 1 fully saturated rings. The van der Waals surface area contributed by atoms with Crippen molar-refractivity contribution in [2.24, 2.45) is 0 Å². The fraction of sp³-hybridized carbons (Fsp3) is 0.0833. The lowest BCUT2D eigenvalue weighted by Crippen LogP contribution is -2.28. The molecular weight excluding hydrogens is 536 g/mol. The van der Waals surface area contributed by atoms with E-state index in [9.17, 15) is 18.4 Å². The Balaban J connectivity index is 1.58. The van der Waals surface area contributed by atoms with Crippen molar-refractivity contribution in [1.29, 1.82) is 0 Å². The first-order chi connectivity index (χ1) is 15.8. The van der Waals surface area contributed by atoms with Gasteiger partial charge in [0.1, 0.15) is 24.0 Å². The van der Waals surface area contributed by atoms with E-state index in [0.29, 0.717) is 16.9 Å².